The van der Waals surface area contributed by atoms with E-state index >= 15 is 0 Å². The van der Waals surface area contributed by atoms with E-state index in [0.29, 0.717) is 22.8 Å². The lowest BCUT2D eigenvalue weighted by Crippen LogP contribution is -2.28. The summed E-state index contributed by atoms with van der Waals surface area (Å²) in [6.45, 7) is 1.47. The summed E-state index contributed by atoms with van der Waals surface area (Å²) in [5.74, 6) is 0.133. The topological polar surface area (TPSA) is 116 Å². The third-order valence-corrected chi connectivity index (χ3v) is 4.78. The lowest BCUT2D eigenvalue weighted by atomic mass is 10.1. The average molecular weight is 462 g/mol. The van der Waals surface area contributed by atoms with Crippen molar-refractivity contribution in [1.82, 2.24) is 20.2 Å². The van der Waals surface area contributed by atoms with Gasteiger partial charge in [-0.15, -0.1) is 10.2 Å². The Labute approximate surface area is 193 Å². The van der Waals surface area contributed by atoms with Crippen LogP contribution in [0.3, 0.4) is 0 Å². The van der Waals surface area contributed by atoms with Gasteiger partial charge in [-0.2, -0.15) is 4.80 Å². The van der Waals surface area contributed by atoms with Crippen LogP contribution in [-0.4, -0.2) is 43.2 Å². The molecule has 4 rings (SSSR count). The molecule has 1 atom stereocenters. The number of carbonyl (C=O) groups excluding carboxylic acids is 1. The first-order chi connectivity index (χ1) is 16.4. The Hall–Kier alpha value is -4.60. The zero-order valence-corrected chi connectivity index (χ0v) is 18.0. The first kappa shape index (κ1) is 22.6. The minimum Gasteiger partial charge on any atom is -0.483 e. The number of hydrogen-bond acceptors (Lipinski definition) is 7. The Kier molecular flexibility index (Phi) is 6.58. The fourth-order valence-electron chi connectivity index (χ4n) is 2.95. The fraction of sp³-hybridized carbons (Fsp3) is 0.125. The molecular formula is C24H19FN4O5. The number of nitrogens with zero attached hydrogens (tertiary/aromatic N) is 4. The highest BCUT2D eigenvalue weighted by molar-refractivity contribution is 5.88. The molecule has 4 aromatic rings. The molecule has 1 heterocycles. The maximum Gasteiger partial charge on any atom is 0.335 e. The zero-order chi connectivity index (χ0) is 24.1. The molecule has 0 aliphatic carbocycles. The molecule has 0 amide bonds. The number of aromatic carboxylic acids is 1. The normalized spacial score (nSPS) is 11.6. The van der Waals surface area contributed by atoms with E-state index in [1.165, 1.54) is 36.4 Å². The number of rotatable bonds is 9. The minimum atomic E-state index is -1.03. The molecule has 0 saturated carbocycles. The Bertz CT molecular complexity index is 1290. The molecule has 0 spiro atoms. The molecule has 1 N–H and O–H groups in total. The van der Waals surface area contributed by atoms with Crippen LogP contribution in [0.1, 0.15) is 17.3 Å². The van der Waals surface area contributed by atoms with Crippen molar-refractivity contribution in [2.45, 2.75) is 19.6 Å². The number of aromatic nitrogens is 4. The molecule has 10 heteroatoms. The first-order valence-corrected chi connectivity index (χ1v) is 10.2. The van der Waals surface area contributed by atoms with Gasteiger partial charge in [0.05, 0.1) is 5.56 Å². The highest BCUT2D eigenvalue weighted by Gasteiger charge is 2.18. The van der Waals surface area contributed by atoms with Gasteiger partial charge in [0.25, 0.3) is 0 Å². The molecule has 0 bridgehead atoms. The Morgan fingerprint density at radius 2 is 1.53 bits per heavy atom. The van der Waals surface area contributed by atoms with Gasteiger partial charge in [0.1, 0.15) is 29.6 Å². The monoisotopic (exact) mass is 462 g/mol. The summed E-state index contributed by atoms with van der Waals surface area (Å²) < 4.78 is 24.3. The summed E-state index contributed by atoms with van der Waals surface area (Å²) in [5.41, 5.74) is 0.725. The van der Waals surface area contributed by atoms with E-state index in [0.717, 1.165) is 4.80 Å². The second kappa shape index (κ2) is 9.90. The SMILES string of the molecule is CC(Oc1ccc(Oc2ccc(F)cc2)cc1)C(=O)Cn1nnc(-c2ccc(C(=O)O)cc2)n1. The molecule has 0 aliphatic heterocycles. The van der Waals surface area contributed by atoms with Crippen molar-refractivity contribution in [2.75, 3.05) is 0 Å². The van der Waals surface area contributed by atoms with Crippen molar-refractivity contribution in [3.63, 3.8) is 0 Å². The van der Waals surface area contributed by atoms with Crippen molar-refractivity contribution >= 4 is 11.8 Å². The number of ether oxygens (including phenoxy) is 2. The third kappa shape index (κ3) is 5.60. The summed E-state index contributed by atoms with van der Waals surface area (Å²) in [6.07, 6.45) is -0.770. The van der Waals surface area contributed by atoms with E-state index in [4.69, 9.17) is 14.6 Å². The van der Waals surface area contributed by atoms with Gasteiger partial charge < -0.3 is 14.6 Å². The van der Waals surface area contributed by atoms with E-state index in [1.807, 2.05) is 0 Å². The molecule has 0 fully saturated rings. The quantitative estimate of drug-likeness (QED) is 0.397. The van der Waals surface area contributed by atoms with Crippen LogP contribution in [0, 0.1) is 5.82 Å². The number of carbonyl (C=O) groups is 2. The van der Waals surface area contributed by atoms with Gasteiger partial charge >= 0.3 is 5.97 Å². The Morgan fingerprint density at radius 3 is 2.15 bits per heavy atom. The molecule has 34 heavy (non-hydrogen) atoms. The predicted octanol–water partition coefficient (Wildman–Crippen LogP) is 4.01. The molecular weight excluding hydrogens is 443 g/mol. The number of carboxylic acids is 1. The van der Waals surface area contributed by atoms with Crippen LogP contribution >= 0.6 is 0 Å². The smallest absolute Gasteiger partial charge is 0.335 e. The Balaban J connectivity index is 1.32. The third-order valence-electron chi connectivity index (χ3n) is 4.78. The number of ketones is 1. The van der Waals surface area contributed by atoms with Crippen molar-refractivity contribution in [3.05, 3.63) is 84.2 Å². The van der Waals surface area contributed by atoms with Gasteiger partial charge in [0.15, 0.2) is 11.9 Å². The van der Waals surface area contributed by atoms with Gasteiger partial charge in [-0.3, -0.25) is 4.79 Å². The van der Waals surface area contributed by atoms with Gasteiger partial charge in [0, 0.05) is 5.56 Å². The maximum absolute atomic E-state index is 13.0. The van der Waals surface area contributed by atoms with Crippen molar-refractivity contribution < 1.29 is 28.6 Å². The number of hydrogen-bond donors (Lipinski definition) is 1. The molecule has 1 aromatic heterocycles. The molecule has 0 radical (unpaired) electrons. The molecule has 9 nitrogen and oxygen atoms in total. The van der Waals surface area contributed by atoms with Crippen molar-refractivity contribution in [2.24, 2.45) is 0 Å². The van der Waals surface area contributed by atoms with Crippen LogP contribution < -0.4 is 9.47 Å². The summed E-state index contributed by atoms with van der Waals surface area (Å²) in [4.78, 5) is 24.7. The zero-order valence-electron chi connectivity index (χ0n) is 18.0. The number of carboxylic acid groups (broad SMARTS) is 1. The number of Topliss-reactive ketones (excluding diaryl/α,β-unsaturated/α-hetero) is 1. The van der Waals surface area contributed by atoms with Crippen LogP contribution in [0.25, 0.3) is 11.4 Å². The van der Waals surface area contributed by atoms with Gasteiger partial charge in [-0.05, 0) is 72.8 Å². The highest BCUT2D eigenvalue weighted by Crippen LogP contribution is 2.24. The minimum absolute atomic E-state index is 0.146. The molecule has 0 saturated heterocycles. The van der Waals surface area contributed by atoms with E-state index in [2.05, 4.69) is 15.4 Å². The van der Waals surface area contributed by atoms with Crippen molar-refractivity contribution in [3.8, 4) is 28.6 Å². The van der Waals surface area contributed by atoms with E-state index in [-0.39, 0.29) is 29.5 Å². The van der Waals surface area contributed by atoms with Crippen LogP contribution in [0.2, 0.25) is 0 Å². The highest BCUT2D eigenvalue weighted by atomic mass is 19.1. The van der Waals surface area contributed by atoms with Crippen LogP contribution in [-0.2, 0) is 11.3 Å². The second-order valence-electron chi connectivity index (χ2n) is 7.28. The number of halogens is 1. The lowest BCUT2D eigenvalue weighted by Gasteiger charge is -2.13. The Morgan fingerprint density at radius 1 is 0.941 bits per heavy atom. The molecule has 3 aromatic carbocycles. The van der Waals surface area contributed by atoms with E-state index < -0.39 is 12.1 Å². The molecule has 0 aliphatic rings. The van der Waals surface area contributed by atoms with E-state index in [9.17, 15) is 14.0 Å². The van der Waals surface area contributed by atoms with Crippen LogP contribution in [0.15, 0.2) is 72.8 Å². The van der Waals surface area contributed by atoms with Crippen molar-refractivity contribution in [1.29, 1.82) is 0 Å². The summed E-state index contributed by atoms with van der Waals surface area (Å²) in [6, 6.07) is 18.4. The molecule has 1 unspecified atom stereocenters. The predicted molar refractivity (Wildman–Crippen MR) is 118 cm³/mol. The van der Waals surface area contributed by atoms with E-state index in [1.54, 1.807) is 43.3 Å². The molecule has 172 valence electrons. The second-order valence-corrected chi connectivity index (χ2v) is 7.28. The van der Waals surface area contributed by atoms with Gasteiger partial charge in [-0.25, -0.2) is 9.18 Å². The number of benzene rings is 3. The van der Waals surface area contributed by atoms with Gasteiger partial charge in [0.2, 0.25) is 5.82 Å². The van der Waals surface area contributed by atoms with Gasteiger partial charge in [-0.1, -0.05) is 12.1 Å². The van der Waals surface area contributed by atoms with Crippen LogP contribution in [0.5, 0.6) is 17.2 Å². The van der Waals surface area contributed by atoms with Crippen LogP contribution in [0.4, 0.5) is 4.39 Å². The summed E-state index contributed by atoms with van der Waals surface area (Å²) in [7, 11) is 0. The summed E-state index contributed by atoms with van der Waals surface area (Å²) in [5, 5.41) is 20.9. The maximum atomic E-state index is 13.0. The number of tetrazole rings is 1. The summed E-state index contributed by atoms with van der Waals surface area (Å²) >= 11 is 0. The fourth-order valence-corrected chi connectivity index (χ4v) is 2.95. The standard InChI is InChI=1S/C24H19FN4O5/c1-15(33-19-10-12-21(13-11-19)34-20-8-6-18(25)7-9-20)22(30)14-29-27-23(26-28-29)16-2-4-17(5-3-16)24(31)32/h2-13,15H,14H2,1H3,(H,31,32). The first-order valence-electron chi connectivity index (χ1n) is 10.2. The lowest BCUT2D eigenvalue weighted by molar-refractivity contribution is -0.126. The average Bonchev–Trinajstić information content (AvgIpc) is 3.30. The largest absolute Gasteiger partial charge is 0.483 e.